The Labute approximate surface area is 186 Å². The molecule has 2 aromatic carbocycles. The van der Waals surface area contributed by atoms with Crippen LogP contribution in [0.5, 0.6) is 0 Å². The molecule has 5 rings (SSSR count). The SMILES string of the molecule is CC1=C(C(=O)Nc2ccc3[nH]ncc3c2)C(c2ccc(-c3ccc(F)cc3)s2)NC(=O)N1. The number of benzene rings is 2. The van der Waals surface area contributed by atoms with Crippen molar-refractivity contribution in [3.8, 4) is 10.4 Å². The summed E-state index contributed by atoms with van der Waals surface area (Å²) in [5.74, 6) is -0.623. The van der Waals surface area contributed by atoms with Crippen LogP contribution in [0.1, 0.15) is 17.8 Å². The van der Waals surface area contributed by atoms with Gasteiger partial charge in [-0.1, -0.05) is 12.1 Å². The van der Waals surface area contributed by atoms with Crippen molar-refractivity contribution in [3.05, 3.63) is 82.8 Å². The lowest BCUT2D eigenvalue weighted by molar-refractivity contribution is -0.113. The molecule has 3 amide bonds. The number of hydrogen-bond donors (Lipinski definition) is 4. The third-order valence-electron chi connectivity index (χ3n) is 5.25. The van der Waals surface area contributed by atoms with Gasteiger partial charge in [-0.25, -0.2) is 9.18 Å². The number of amides is 3. The third-order valence-corrected chi connectivity index (χ3v) is 6.45. The van der Waals surface area contributed by atoms with Crippen LogP contribution < -0.4 is 16.0 Å². The Morgan fingerprint density at radius 1 is 1.12 bits per heavy atom. The largest absolute Gasteiger partial charge is 0.326 e. The molecule has 1 unspecified atom stereocenters. The highest BCUT2D eigenvalue weighted by molar-refractivity contribution is 7.15. The van der Waals surface area contributed by atoms with E-state index >= 15 is 0 Å². The van der Waals surface area contributed by atoms with Gasteiger partial charge >= 0.3 is 6.03 Å². The zero-order valence-electron chi connectivity index (χ0n) is 16.9. The van der Waals surface area contributed by atoms with E-state index in [-0.39, 0.29) is 17.8 Å². The van der Waals surface area contributed by atoms with E-state index in [1.165, 1.54) is 23.5 Å². The van der Waals surface area contributed by atoms with E-state index < -0.39 is 6.04 Å². The van der Waals surface area contributed by atoms with Crippen LogP contribution in [0.3, 0.4) is 0 Å². The fourth-order valence-corrected chi connectivity index (χ4v) is 4.78. The van der Waals surface area contributed by atoms with Gasteiger partial charge in [0, 0.05) is 26.5 Å². The maximum absolute atomic E-state index is 13.3. The van der Waals surface area contributed by atoms with Gasteiger partial charge in [-0.3, -0.25) is 9.89 Å². The summed E-state index contributed by atoms with van der Waals surface area (Å²) in [6.45, 7) is 1.70. The highest BCUT2D eigenvalue weighted by atomic mass is 32.1. The van der Waals surface area contributed by atoms with Crippen LogP contribution in [-0.4, -0.2) is 22.1 Å². The molecule has 9 heteroatoms. The number of fused-ring (bicyclic) bond motifs is 1. The van der Waals surface area contributed by atoms with E-state index in [2.05, 4.69) is 26.1 Å². The fraction of sp³-hybridized carbons (Fsp3) is 0.0870. The standard InChI is InChI=1S/C23H18FN5O2S/c1-12-20(22(30)27-16-6-7-17-14(10-16)11-25-29-17)21(28-23(31)26-12)19-9-8-18(32-19)13-2-4-15(24)5-3-13/h2-11,21H,1H3,(H,25,29)(H,27,30)(H2,26,28,31). The van der Waals surface area contributed by atoms with Crippen LogP contribution in [0.2, 0.25) is 0 Å². The van der Waals surface area contributed by atoms with Gasteiger partial charge in [-0.15, -0.1) is 11.3 Å². The van der Waals surface area contributed by atoms with Gasteiger partial charge in [-0.2, -0.15) is 5.10 Å². The first-order chi connectivity index (χ1) is 15.5. The minimum absolute atomic E-state index is 0.303. The Kier molecular flexibility index (Phi) is 4.95. The molecule has 4 aromatic rings. The number of nitrogens with zero attached hydrogens (tertiary/aromatic N) is 1. The second-order valence-electron chi connectivity index (χ2n) is 7.41. The number of carbonyl (C=O) groups is 2. The molecule has 160 valence electrons. The van der Waals surface area contributed by atoms with Gasteiger partial charge in [0.05, 0.1) is 23.3 Å². The Hall–Kier alpha value is -3.98. The predicted octanol–water partition coefficient (Wildman–Crippen LogP) is 4.70. The number of thiophene rings is 1. The number of carbonyl (C=O) groups excluding carboxylic acids is 2. The number of halogens is 1. The zero-order valence-corrected chi connectivity index (χ0v) is 17.7. The van der Waals surface area contributed by atoms with Crippen LogP contribution in [-0.2, 0) is 4.79 Å². The van der Waals surface area contributed by atoms with E-state index in [1.807, 2.05) is 24.3 Å². The summed E-state index contributed by atoms with van der Waals surface area (Å²) >= 11 is 1.44. The molecule has 0 aliphatic carbocycles. The molecule has 4 N–H and O–H groups in total. The van der Waals surface area contributed by atoms with Crippen LogP contribution in [0.25, 0.3) is 21.3 Å². The molecule has 0 fully saturated rings. The summed E-state index contributed by atoms with van der Waals surface area (Å²) in [6, 6.07) is 14.5. The molecule has 7 nitrogen and oxygen atoms in total. The van der Waals surface area contributed by atoms with E-state index in [4.69, 9.17) is 0 Å². The molecular weight excluding hydrogens is 429 g/mol. The van der Waals surface area contributed by atoms with Gasteiger partial charge < -0.3 is 16.0 Å². The minimum Gasteiger partial charge on any atom is -0.326 e. The second kappa shape index (κ2) is 7.93. The Morgan fingerprint density at radius 2 is 1.94 bits per heavy atom. The Bertz CT molecular complexity index is 1370. The molecule has 0 saturated heterocycles. The summed E-state index contributed by atoms with van der Waals surface area (Å²) in [7, 11) is 0. The molecule has 0 radical (unpaired) electrons. The lowest BCUT2D eigenvalue weighted by Gasteiger charge is -2.27. The van der Waals surface area contributed by atoms with Crippen LogP contribution in [0.15, 0.2) is 72.1 Å². The maximum atomic E-state index is 13.3. The zero-order chi connectivity index (χ0) is 22.2. The predicted molar refractivity (Wildman–Crippen MR) is 122 cm³/mol. The maximum Gasteiger partial charge on any atom is 0.319 e. The van der Waals surface area contributed by atoms with E-state index in [1.54, 1.807) is 31.3 Å². The van der Waals surface area contributed by atoms with Crippen LogP contribution >= 0.6 is 11.3 Å². The molecule has 1 atom stereocenters. The number of aromatic nitrogens is 2. The lowest BCUT2D eigenvalue weighted by Crippen LogP contribution is -2.45. The van der Waals surface area contributed by atoms with Crippen molar-refractivity contribution >= 4 is 39.9 Å². The van der Waals surface area contributed by atoms with Crippen molar-refractivity contribution in [2.24, 2.45) is 0 Å². The molecule has 3 heterocycles. The van der Waals surface area contributed by atoms with Crippen molar-refractivity contribution in [3.63, 3.8) is 0 Å². The molecular formula is C23H18FN5O2S. The molecule has 0 saturated carbocycles. The summed E-state index contributed by atoms with van der Waals surface area (Å²) < 4.78 is 13.3. The monoisotopic (exact) mass is 447 g/mol. The van der Waals surface area contributed by atoms with Gasteiger partial charge in [0.25, 0.3) is 5.91 Å². The van der Waals surface area contributed by atoms with Crippen molar-refractivity contribution in [1.82, 2.24) is 20.8 Å². The minimum atomic E-state index is -0.611. The van der Waals surface area contributed by atoms with Crippen LogP contribution in [0.4, 0.5) is 14.9 Å². The Morgan fingerprint density at radius 3 is 2.75 bits per heavy atom. The summed E-state index contributed by atoms with van der Waals surface area (Å²) in [5.41, 5.74) is 3.26. The first kappa shape index (κ1) is 20.0. The lowest BCUT2D eigenvalue weighted by atomic mass is 10.0. The topological polar surface area (TPSA) is 98.9 Å². The number of hydrogen-bond acceptors (Lipinski definition) is 4. The highest BCUT2D eigenvalue weighted by Gasteiger charge is 2.32. The molecule has 32 heavy (non-hydrogen) atoms. The highest BCUT2D eigenvalue weighted by Crippen LogP contribution is 2.36. The number of urea groups is 1. The number of H-pyrrole nitrogens is 1. The molecule has 1 aliphatic heterocycles. The van der Waals surface area contributed by atoms with Crippen molar-refractivity contribution in [2.45, 2.75) is 13.0 Å². The number of aromatic amines is 1. The van der Waals surface area contributed by atoms with E-state index in [9.17, 15) is 14.0 Å². The quantitative estimate of drug-likeness (QED) is 0.365. The van der Waals surface area contributed by atoms with Crippen molar-refractivity contribution < 1.29 is 14.0 Å². The van der Waals surface area contributed by atoms with Crippen LogP contribution in [0, 0.1) is 5.82 Å². The molecule has 1 aliphatic rings. The van der Waals surface area contributed by atoms with Gasteiger partial charge in [0.1, 0.15) is 5.82 Å². The summed E-state index contributed by atoms with van der Waals surface area (Å²) in [5, 5.41) is 16.2. The number of anilines is 1. The molecule has 2 aromatic heterocycles. The first-order valence-corrected chi connectivity index (χ1v) is 10.7. The number of nitrogens with one attached hydrogen (secondary N) is 4. The molecule has 0 spiro atoms. The van der Waals surface area contributed by atoms with E-state index in [0.29, 0.717) is 17.0 Å². The summed E-state index contributed by atoms with van der Waals surface area (Å²) in [6.07, 6.45) is 1.68. The average Bonchev–Trinajstić information content (AvgIpc) is 3.43. The Balaban J connectivity index is 1.45. The third kappa shape index (κ3) is 3.74. The van der Waals surface area contributed by atoms with Gasteiger partial charge in [-0.05, 0) is 55.0 Å². The first-order valence-electron chi connectivity index (χ1n) is 9.86. The van der Waals surface area contributed by atoms with Gasteiger partial charge in [0.15, 0.2) is 0 Å². The fourth-order valence-electron chi connectivity index (χ4n) is 3.70. The second-order valence-corrected chi connectivity index (χ2v) is 8.52. The van der Waals surface area contributed by atoms with Crippen molar-refractivity contribution in [2.75, 3.05) is 5.32 Å². The summed E-state index contributed by atoms with van der Waals surface area (Å²) in [4.78, 5) is 27.1. The number of rotatable bonds is 4. The average molecular weight is 447 g/mol. The smallest absolute Gasteiger partial charge is 0.319 e. The normalized spacial score (nSPS) is 16.1. The number of allylic oxidation sites excluding steroid dienone is 1. The van der Waals surface area contributed by atoms with E-state index in [0.717, 1.165) is 26.2 Å². The van der Waals surface area contributed by atoms with Crippen molar-refractivity contribution in [1.29, 1.82) is 0 Å². The molecule has 0 bridgehead atoms. The van der Waals surface area contributed by atoms with Gasteiger partial charge in [0.2, 0.25) is 0 Å².